The average molecular weight is 397 g/mol. The molecule has 7 nitrogen and oxygen atoms in total. The second-order valence-electron chi connectivity index (χ2n) is 6.15. The van der Waals surface area contributed by atoms with Crippen molar-refractivity contribution in [1.82, 2.24) is 20.0 Å². The van der Waals surface area contributed by atoms with Crippen molar-refractivity contribution in [2.45, 2.75) is 13.2 Å². The summed E-state index contributed by atoms with van der Waals surface area (Å²) in [6.07, 6.45) is 2.52. The Morgan fingerprint density at radius 3 is 2.93 bits per heavy atom. The Morgan fingerprint density at radius 2 is 2.15 bits per heavy atom. The molecule has 1 aliphatic rings. The zero-order valence-corrected chi connectivity index (χ0v) is 15.6. The minimum Gasteiger partial charge on any atom is -0.471 e. The highest BCUT2D eigenvalue weighted by molar-refractivity contribution is 6.30. The van der Waals surface area contributed by atoms with E-state index >= 15 is 0 Å². The van der Waals surface area contributed by atoms with Crippen LogP contribution >= 0.6 is 11.6 Å². The van der Waals surface area contributed by atoms with E-state index in [-0.39, 0.29) is 17.7 Å². The SMILES string of the molecule is O=C(NCCCN1CCOCC1)c1ccn(COc2ccc(F)c(Cl)c2)n1. The molecule has 0 saturated carbocycles. The number of hydrogen-bond acceptors (Lipinski definition) is 5. The maximum Gasteiger partial charge on any atom is 0.271 e. The molecule has 1 amide bonds. The van der Waals surface area contributed by atoms with E-state index in [0.29, 0.717) is 18.0 Å². The summed E-state index contributed by atoms with van der Waals surface area (Å²) >= 11 is 5.71. The normalized spacial score (nSPS) is 14.9. The van der Waals surface area contributed by atoms with E-state index in [0.717, 1.165) is 39.3 Å². The maximum atomic E-state index is 13.1. The largest absolute Gasteiger partial charge is 0.471 e. The van der Waals surface area contributed by atoms with Crippen LogP contribution in [0.15, 0.2) is 30.5 Å². The monoisotopic (exact) mass is 396 g/mol. The van der Waals surface area contributed by atoms with Crippen molar-refractivity contribution in [2.24, 2.45) is 0 Å². The van der Waals surface area contributed by atoms with Crippen molar-refractivity contribution in [3.05, 3.63) is 47.0 Å². The first-order valence-electron chi connectivity index (χ1n) is 8.81. The summed E-state index contributed by atoms with van der Waals surface area (Å²) in [7, 11) is 0. The number of ether oxygens (including phenoxy) is 2. The Balaban J connectivity index is 1.39. The Hall–Kier alpha value is -2.16. The number of amides is 1. The molecule has 1 aromatic carbocycles. The summed E-state index contributed by atoms with van der Waals surface area (Å²) in [6, 6.07) is 5.73. The summed E-state index contributed by atoms with van der Waals surface area (Å²) < 4.78 is 25.4. The second-order valence-corrected chi connectivity index (χ2v) is 6.56. The number of carbonyl (C=O) groups is 1. The molecule has 2 aromatic rings. The van der Waals surface area contributed by atoms with Gasteiger partial charge in [-0.1, -0.05) is 11.6 Å². The van der Waals surface area contributed by atoms with Gasteiger partial charge in [0.1, 0.15) is 17.3 Å². The molecule has 0 unspecified atom stereocenters. The van der Waals surface area contributed by atoms with Gasteiger partial charge in [0.15, 0.2) is 6.73 Å². The number of benzene rings is 1. The van der Waals surface area contributed by atoms with E-state index in [1.165, 1.54) is 22.9 Å². The molecular formula is C18H22ClFN4O3. The molecule has 1 saturated heterocycles. The van der Waals surface area contributed by atoms with Crippen LogP contribution in [0, 0.1) is 5.82 Å². The fourth-order valence-corrected chi connectivity index (χ4v) is 2.85. The van der Waals surface area contributed by atoms with E-state index in [4.69, 9.17) is 21.1 Å². The molecule has 2 heterocycles. The zero-order chi connectivity index (χ0) is 19.1. The maximum absolute atomic E-state index is 13.1. The van der Waals surface area contributed by atoms with Gasteiger partial charge in [-0.15, -0.1) is 0 Å². The first-order valence-corrected chi connectivity index (χ1v) is 9.19. The predicted octanol–water partition coefficient (Wildman–Crippen LogP) is 2.16. The van der Waals surface area contributed by atoms with Crippen LogP contribution < -0.4 is 10.1 Å². The lowest BCUT2D eigenvalue weighted by molar-refractivity contribution is 0.0374. The van der Waals surface area contributed by atoms with Crippen molar-refractivity contribution in [2.75, 3.05) is 39.4 Å². The van der Waals surface area contributed by atoms with Gasteiger partial charge in [-0.25, -0.2) is 9.07 Å². The minimum absolute atomic E-state index is 0.00916. The molecule has 0 spiro atoms. The molecule has 1 aromatic heterocycles. The Morgan fingerprint density at radius 1 is 1.33 bits per heavy atom. The molecule has 0 radical (unpaired) electrons. The quantitative estimate of drug-likeness (QED) is 0.692. The number of hydrogen-bond donors (Lipinski definition) is 1. The molecule has 146 valence electrons. The van der Waals surface area contributed by atoms with E-state index in [1.54, 1.807) is 12.3 Å². The predicted molar refractivity (Wildman–Crippen MR) is 98.5 cm³/mol. The first kappa shape index (κ1) is 19.6. The number of nitrogens with one attached hydrogen (secondary N) is 1. The molecule has 1 N–H and O–H groups in total. The number of rotatable bonds is 8. The van der Waals surface area contributed by atoms with E-state index in [9.17, 15) is 9.18 Å². The Kier molecular flexibility index (Phi) is 7.03. The molecule has 0 aliphatic carbocycles. The molecule has 0 atom stereocenters. The lowest BCUT2D eigenvalue weighted by Gasteiger charge is -2.26. The molecule has 0 bridgehead atoms. The van der Waals surface area contributed by atoms with Crippen molar-refractivity contribution < 1.29 is 18.7 Å². The number of nitrogens with zero attached hydrogens (tertiary/aromatic N) is 3. The number of carbonyl (C=O) groups excluding carboxylic acids is 1. The van der Waals surface area contributed by atoms with Gasteiger partial charge >= 0.3 is 0 Å². The molecule has 27 heavy (non-hydrogen) atoms. The third-order valence-corrected chi connectivity index (χ3v) is 4.46. The minimum atomic E-state index is -0.504. The van der Waals surface area contributed by atoms with Crippen molar-refractivity contribution in [1.29, 1.82) is 0 Å². The first-order chi connectivity index (χ1) is 13.1. The fraction of sp³-hybridized carbons (Fsp3) is 0.444. The van der Waals surface area contributed by atoms with Gasteiger partial charge in [0.2, 0.25) is 0 Å². The zero-order valence-electron chi connectivity index (χ0n) is 14.9. The molecular weight excluding hydrogens is 375 g/mol. The van der Waals surface area contributed by atoms with Gasteiger partial charge in [0.25, 0.3) is 5.91 Å². The second kappa shape index (κ2) is 9.68. The molecule has 1 aliphatic heterocycles. The van der Waals surface area contributed by atoms with Gasteiger partial charge in [-0.2, -0.15) is 5.10 Å². The van der Waals surface area contributed by atoms with Gasteiger partial charge < -0.3 is 14.8 Å². The highest BCUT2D eigenvalue weighted by Crippen LogP contribution is 2.21. The van der Waals surface area contributed by atoms with Crippen LogP contribution in [-0.2, 0) is 11.5 Å². The van der Waals surface area contributed by atoms with Crippen LogP contribution in [0.2, 0.25) is 5.02 Å². The van der Waals surface area contributed by atoms with E-state index in [1.807, 2.05) is 0 Å². The number of aromatic nitrogens is 2. The van der Waals surface area contributed by atoms with Crippen molar-refractivity contribution >= 4 is 17.5 Å². The van der Waals surface area contributed by atoms with Crippen molar-refractivity contribution in [3.63, 3.8) is 0 Å². The number of halogens is 2. The van der Waals surface area contributed by atoms with Gasteiger partial charge in [0.05, 0.1) is 18.2 Å². The van der Waals surface area contributed by atoms with Gasteiger partial charge in [-0.05, 0) is 31.2 Å². The fourth-order valence-electron chi connectivity index (χ4n) is 2.68. The molecule has 3 rings (SSSR count). The summed E-state index contributed by atoms with van der Waals surface area (Å²) in [6.45, 7) is 5.05. The van der Waals surface area contributed by atoms with E-state index in [2.05, 4.69) is 15.3 Å². The third-order valence-electron chi connectivity index (χ3n) is 4.17. The topological polar surface area (TPSA) is 68.6 Å². The van der Waals surface area contributed by atoms with E-state index < -0.39 is 5.82 Å². The smallest absolute Gasteiger partial charge is 0.271 e. The summed E-state index contributed by atoms with van der Waals surface area (Å²) in [5, 5.41) is 7.04. The average Bonchev–Trinajstić information content (AvgIpc) is 3.16. The van der Waals surface area contributed by atoms with Crippen LogP contribution in [-0.4, -0.2) is 60.0 Å². The highest BCUT2D eigenvalue weighted by atomic mass is 35.5. The van der Waals surface area contributed by atoms with Crippen molar-refractivity contribution in [3.8, 4) is 5.75 Å². The van der Waals surface area contributed by atoms with Crippen LogP contribution in [0.1, 0.15) is 16.9 Å². The van der Waals surface area contributed by atoms with Gasteiger partial charge in [0, 0.05) is 31.9 Å². The third kappa shape index (κ3) is 5.92. The van der Waals surface area contributed by atoms with Crippen LogP contribution in [0.5, 0.6) is 5.75 Å². The Bertz CT molecular complexity index is 765. The summed E-state index contributed by atoms with van der Waals surface area (Å²) in [5.74, 6) is -0.303. The van der Waals surface area contributed by atoms with Crippen LogP contribution in [0.3, 0.4) is 0 Å². The van der Waals surface area contributed by atoms with Gasteiger partial charge in [-0.3, -0.25) is 9.69 Å². The lowest BCUT2D eigenvalue weighted by Crippen LogP contribution is -2.38. The molecule has 1 fully saturated rings. The lowest BCUT2D eigenvalue weighted by atomic mass is 10.3. The molecule has 9 heteroatoms. The van der Waals surface area contributed by atoms with Crippen LogP contribution in [0.4, 0.5) is 4.39 Å². The number of morpholine rings is 1. The summed E-state index contributed by atoms with van der Waals surface area (Å²) in [4.78, 5) is 14.5. The van der Waals surface area contributed by atoms with Crippen LogP contribution in [0.25, 0.3) is 0 Å². The standard InChI is InChI=1S/C18H22ClFN4O3/c19-15-12-14(2-3-16(15)20)27-13-24-7-4-17(22-24)18(25)21-5-1-6-23-8-10-26-11-9-23/h2-4,7,12H,1,5-6,8-11,13H2,(H,21,25). The highest BCUT2D eigenvalue weighted by Gasteiger charge is 2.12. The summed E-state index contributed by atoms with van der Waals surface area (Å²) in [5.41, 5.74) is 0.321. The Labute approximate surface area is 162 Å².